The first-order valence-electron chi connectivity index (χ1n) is 6.22. The van der Waals surface area contributed by atoms with Crippen molar-refractivity contribution in [1.82, 2.24) is 0 Å². The van der Waals surface area contributed by atoms with E-state index in [0.29, 0.717) is 11.3 Å². The first kappa shape index (κ1) is 13.0. The predicted octanol–water partition coefficient (Wildman–Crippen LogP) is 5.26. The average molecular weight is 216 g/mol. The number of hydrogen-bond acceptors (Lipinski definition) is 0. The Labute approximate surface area is 100 Å². The van der Waals surface area contributed by atoms with Crippen molar-refractivity contribution < 1.29 is 0 Å². The quantitative estimate of drug-likeness (QED) is 0.644. The zero-order chi connectivity index (χ0) is 12.2. The summed E-state index contributed by atoms with van der Waals surface area (Å²) in [7, 11) is 0. The molecule has 1 aromatic rings. The van der Waals surface area contributed by atoms with E-state index in [1.807, 2.05) is 6.08 Å². The lowest BCUT2D eigenvalue weighted by atomic mass is 9.73. The highest BCUT2D eigenvalue weighted by molar-refractivity contribution is 5.53. The number of rotatable bonds is 4. The maximum absolute atomic E-state index is 3.92. The van der Waals surface area contributed by atoms with Crippen molar-refractivity contribution in [2.45, 2.75) is 46.5 Å². The monoisotopic (exact) mass is 216 g/mol. The molecule has 0 amide bonds. The van der Waals surface area contributed by atoms with E-state index in [1.54, 1.807) is 0 Å². The van der Waals surface area contributed by atoms with E-state index in [0.717, 1.165) is 0 Å². The first-order chi connectivity index (χ1) is 7.50. The van der Waals surface area contributed by atoms with Crippen molar-refractivity contribution in [3.05, 3.63) is 42.0 Å². The average Bonchev–Trinajstić information content (AvgIpc) is 2.24. The second kappa shape index (κ2) is 5.34. The van der Waals surface area contributed by atoms with Crippen LogP contribution < -0.4 is 0 Å². The van der Waals surface area contributed by atoms with Crippen LogP contribution in [-0.4, -0.2) is 0 Å². The minimum Gasteiger partial charge on any atom is -0.0985 e. The van der Waals surface area contributed by atoms with Gasteiger partial charge in [-0.3, -0.25) is 0 Å². The first-order valence-corrected chi connectivity index (χ1v) is 6.22. The number of benzene rings is 1. The molecular weight excluding hydrogens is 192 g/mol. The fraction of sp³-hybridized carbons (Fsp3) is 0.500. The molecule has 0 fully saturated rings. The van der Waals surface area contributed by atoms with Crippen LogP contribution in [0, 0.1) is 5.41 Å². The van der Waals surface area contributed by atoms with Crippen LogP contribution in [0.3, 0.4) is 0 Å². The molecule has 0 saturated carbocycles. The topological polar surface area (TPSA) is 0 Å². The molecule has 0 aromatic heterocycles. The van der Waals surface area contributed by atoms with Gasteiger partial charge in [0.25, 0.3) is 0 Å². The van der Waals surface area contributed by atoms with Crippen LogP contribution in [0.25, 0.3) is 6.08 Å². The second-order valence-corrected chi connectivity index (χ2v) is 5.54. The van der Waals surface area contributed by atoms with E-state index in [9.17, 15) is 0 Å². The van der Waals surface area contributed by atoms with Gasteiger partial charge in [-0.1, -0.05) is 71.0 Å². The van der Waals surface area contributed by atoms with E-state index < -0.39 is 0 Å². The molecule has 1 unspecified atom stereocenters. The van der Waals surface area contributed by atoms with Crippen LogP contribution in [0.2, 0.25) is 0 Å². The van der Waals surface area contributed by atoms with Crippen LogP contribution in [0.1, 0.15) is 57.6 Å². The van der Waals surface area contributed by atoms with Gasteiger partial charge >= 0.3 is 0 Å². The van der Waals surface area contributed by atoms with Crippen LogP contribution in [0.5, 0.6) is 0 Å². The molecule has 1 aromatic carbocycles. The summed E-state index contributed by atoms with van der Waals surface area (Å²) in [6.07, 6.45) is 4.45. The van der Waals surface area contributed by atoms with Gasteiger partial charge in [-0.25, -0.2) is 0 Å². The highest BCUT2D eigenvalue weighted by atomic mass is 14.3. The summed E-state index contributed by atoms with van der Waals surface area (Å²) in [4.78, 5) is 0. The minimum atomic E-state index is 0.315. The van der Waals surface area contributed by atoms with Crippen molar-refractivity contribution in [2.75, 3.05) is 0 Å². The van der Waals surface area contributed by atoms with E-state index in [1.165, 1.54) is 24.0 Å². The molecule has 1 rings (SSSR count). The summed E-state index contributed by atoms with van der Waals surface area (Å²) in [5, 5.41) is 0. The maximum atomic E-state index is 3.92. The number of hydrogen-bond donors (Lipinski definition) is 0. The third-order valence-corrected chi connectivity index (χ3v) is 3.21. The van der Waals surface area contributed by atoms with E-state index in [4.69, 9.17) is 0 Å². The Balaban J connectivity index is 3.15. The van der Waals surface area contributed by atoms with E-state index in [2.05, 4.69) is 58.5 Å². The molecule has 0 radical (unpaired) electrons. The SMILES string of the molecule is C=Cc1ccccc1C(CCC)C(C)(C)C. The Morgan fingerprint density at radius 1 is 1.25 bits per heavy atom. The van der Waals surface area contributed by atoms with E-state index in [-0.39, 0.29) is 0 Å². The zero-order valence-corrected chi connectivity index (χ0v) is 11.1. The van der Waals surface area contributed by atoms with Gasteiger partial charge in [0.15, 0.2) is 0 Å². The fourth-order valence-electron chi connectivity index (χ4n) is 2.36. The van der Waals surface area contributed by atoms with Gasteiger partial charge in [0.1, 0.15) is 0 Å². The van der Waals surface area contributed by atoms with Gasteiger partial charge in [-0.15, -0.1) is 0 Å². The van der Waals surface area contributed by atoms with Crippen molar-refractivity contribution >= 4 is 6.08 Å². The standard InChI is InChI=1S/C16H24/c1-6-10-15(16(3,4)5)14-12-9-8-11-13(14)7-2/h7-9,11-12,15H,2,6,10H2,1,3-5H3. The molecule has 0 spiro atoms. The smallest absolute Gasteiger partial charge is 0.0107 e. The van der Waals surface area contributed by atoms with Crippen molar-refractivity contribution in [3.8, 4) is 0 Å². The molecule has 0 heteroatoms. The van der Waals surface area contributed by atoms with Crippen LogP contribution in [-0.2, 0) is 0 Å². The Bertz CT molecular complexity index is 341. The Kier molecular flexibility index (Phi) is 4.35. The largest absolute Gasteiger partial charge is 0.0985 e. The van der Waals surface area contributed by atoms with Crippen molar-refractivity contribution in [2.24, 2.45) is 5.41 Å². The van der Waals surface area contributed by atoms with Gasteiger partial charge in [0.05, 0.1) is 0 Å². The predicted molar refractivity (Wildman–Crippen MR) is 73.6 cm³/mol. The lowest BCUT2D eigenvalue weighted by Crippen LogP contribution is -2.19. The highest BCUT2D eigenvalue weighted by Gasteiger charge is 2.26. The Hall–Kier alpha value is -1.04. The summed E-state index contributed by atoms with van der Waals surface area (Å²) in [6, 6.07) is 8.64. The zero-order valence-electron chi connectivity index (χ0n) is 11.1. The molecular formula is C16H24. The maximum Gasteiger partial charge on any atom is -0.0107 e. The highest BCUT2D eigenvalue weighted by Crippen LogP contribution is 2.40. The van der Waals surface area contributed by atoms with Gasteiger partial charge in [0, 0.05) is 0 Å². The second-order valence-electron chi connectivity index (χ2n) is 5.54. The van der Waals surface area contributed by atoms with Gasteiger partial charge in [-0.05, 0) is 28.9 Å². The Morgan fingerprint density at radius 2 is 1.88 bits per heavy atom. The van der Waals surface area contributed by atoms with Crippen LogP contribution in [0.4, 0.5) is 0 Å². The molecule has 0 aliphatic carbocycles. The van der Waals surface area contributed by atoms with Crippen LogP contribution in [0.15, 0.2) is 30.8 Å². The lowest BCUT2D eigenvalue weighted by molar-refractivity contribution is 0.303. The molecule has 0 aliphatic rings. The van der Waals surface area contributed by atoms with Gasteiger partial charge in [-0.2, -0.15) is 0 Å². The fourth-order valence-corrected chi connectivity index (χ4v) is 2.36. The normalized spacial score (nSPS) is 13.5. The minimum absolute atomic E-state index is 0.315. The molecule has 0 bridgehead atoms. The third-order valence-electron chi connectivity index (χ3n) is 3.21. The summed E-state index contributed by atoms with van der Waals surface area (Å²) in [5.74, 6) is 0.617. The van der Waals surface area contributed by atoms with Gasteiger partial charge < -0.3 is 0 Å². The third kappa shape index (κ3) is 2.98. The van der Waals surface area contributed by atoms with Crippen molar-refractivity contribution in [1.29, 1.82) is 0 Å². The van der Waals surface area contributed by atoms with E-state index >= 15 is 0 Å². The lowest BCUT2D eigenvalue weighted by Gasteiger charge is -2.32. The summed E-state index contributed by atoms with van der Waals surface area (Å²) >= 11 is 0. The molecule has 1 atom stereocenters. The summed E-state index contributed by atoms with van der Waals surface area (Å²) in [5.41, 5.74) is 3.05. The van der Waals surface area contributed by atoms with Crippen molar-refractivity contribution in [3.63, 3.8) is 0 Å². The molecule has 0 saturated heterocycles. The molecule has 0 N–H and O–H groups in total. The molecule has 0 nitrogen and oxygen atoms in total. The van der Waals surface area contributed by atoms with Gasteiger partial charge in [0.2, 0.25) is 0 Å². The molecule has 88 valence electrons. The van der Waals surface area contributed by atoms with Crippen LogP contribution >= 0.6 is 0 Å². The summed E-state index contributed by atoms with van der Waals surface area (Å²) in [6.45, 7) is 13.2. The summed E-state index contributed by atoms with van der Waals surface area (Å²) < 4.78 is 0. The Morgan fingerprint density at radius 3 is 2.38 bits per heavy atom. The molecule has 0 aliphatic heterocycles. The molecule has 16 heavy (non-hydrogen) atoms. The molecule has 0 heterocycles.